The van der Waals surface area contributed by atoms with Crippen LogP contribution in [0.15, 0.2) is 18.3 Å². The van der Waals surface area contributed by atoms with Crippen LogP contribution in [0.25, 0.3) is 5.65 Å². The molecular weight excluding hydrogens is 230 g/mol. The highest BCUT2D eigenvalue weighted by Crippen LogP contribution is 2.20. The van der Waals surface area contributed by atoms with Crippen LogP contribution < -0.4 is 0 Å². The van der Waals surface area contributed by atoms with Gasteiger partial charge < -0.3 is 5.11 Å². The smallest absolute Gasteiger partial charge is 0.337 e. The monoisotopic (exact) mass is 247 g/mol. The van der Waals surface area contributed by atoms with E-state index in [9.17, 15) is 4.79 Å². The summed E-state index contributed by atoms with van der Waals surface area (Å²) in [6, 6.07) is 3.24. The van der Waals surface area contributed by atoms with E-state index in [4.69, 9.17) is 5.11 Å². The predicted molar refractivity (Wildman–Crippen MR) is 67.9 cm³/mol. The van der Waals surface area contributed by atoms with Gasteiger partial charge in [-0.25, -0.2) is 4.79 Å². The van der Waals surface area contributed by atoms with Gasteiger partial charge in [-0.15, -0.1) is 10.2 Å². The van der Waals surface area contributed by atoms with Crippen molar-refractivity contribution in [2.75, 3.05) is 0 Å². The third kappa shape index (κ3) is 2.34. The number of aromatic carboxylic acids is 1. The lowest BCUT2D eigenvalue weighted by Crippen LogP contribution is -2.04. The summed E-state index contributed by atoms with van der Waals surface area (Å²) in [6.45, 7) is 4.25. The molecule has 0 saturated carbocycles. The predicted octanol–water partition coefficient (Wildman–Crippen LogP) is 2.72. The maximum atomic E-state index is 11.0. The first-order chi connectivity index (χ1) is 8.63. The van der Waals surface area contributed by atoms with E-state index in [0.29, 0.717) is 5.65 Å². The summed E-state index contributed by atoms with van der Waals surface area (Å²) in [5.41, 5.74) is 0.949. The first kappa shape index (κ1) is 12.5. The molecule has 1 unspecified atom stereocenters. The number of unbranched alkanes of at least 4 members (excludes halogenated alkanes) is 1. The molecule has 2 heterocycles. The van der Waals surface area contributed by atoms with Crippen molar-refractivity contribution in [1.82, 2.24) is 14.6 Å². The highest BCUT2D eigenvalue weighted by molar-refractivity contribution is 5.87. The average molecular weight is 247 g/mol. The summed E-state index contributed by atoms with van der Waals surface area (Å²) in [5.74, 6) is 0.184. The van der Waals surface area contributed by atoms with Gasteiger partial charge in [0.05, 0.1) is 5.56 Å². The first-order valence-corrected chi connectivity index (χ1v) is 6.21. The highest BCUT2D eigenvalue weighted by atomic mass is 16.4. The number of hydrogen-bond acceptors (Lipinski definition) is 3. The molecule has 0 aliphatic rings. The molecule has 2 aromatic heterocycles. The number of carbonyl (C=O) groups is 1. The third-order valence-electron chi connectivity index (χ3n) is 3.11. The highest BCUT2D eigenvalue weighted by Gasteiger charge is 2.14. The minimum Gasteiger partial charge on any atom is -0.478 e. The van der Waals surface area contributed by atoms with Crippen molar-refractivity contribution >= 4 is 11.6 Å². The summed E-state index contributed by atoms with van der Waals surface area (Å²) in [7, 11) is 0. The second-order valence-electron chi connectivity index (χ2n) is 4.55. The average Bonchev–Trinajstić information content (AvgIpc) is 2.78. The van der Waals surface area contributed by atoms with Crippen LogP contribution in [0.5, 0.6) is 0 Å². The summed E-state index contributed by atoms with van der Waals surface area (Å²) in [4.78, 5) is 11.0. The Bertz CT molecular complexity index is 562. The summed E-state index contributed by atoms with van der Waals surface area (Å²) >= 11 is 0. The standard InChI is InChI=1S/C13H17N3O2/c1-3-4-5-9(2)12-15-14-11-7-6-10(13(17)18)8-16(11)12/h6-9H,3-5H2,1-2H3,(H,17,18). The van der Waals surface area contributed by atoms with Gasteiger partial charge >= 0.3 is 5.97 Å². The normalized spacial score (nSPS) is 12.8. The molecule has 18 heavy (non-hydrogen) atoms. The van der Waals surface area contributed by atoms with Crippen molar-refractivity contribution in [2.45, 2.75) is 39.0 Å². The third-order valence-corrected chi connectivity index (χ3v) is 3.11. The van der Waals surface area contributed by atoms with Crippen molar-refractivity contribution in [1.29, 1.82) is 0 Å². The van der Waals surface area contributed by atoms with E-state index in [2.05, 4.69) is 24.0 Å². The number of carboxylic acid groups (broad SMARTS) is 1. The Hall–Kier alpha value is -1.91. The lowest BCUT2D eigenvalue weighted by molar-refractivity contribution is 0.0696. The van der Waals surface area contributed by atoms with E-state index in [1.807, 2.05) is 0 Å². The van der Waals surface area contributed by atoms with E-state index in [0.717, 1.165) is 25.1 Å². The van der Waals surface area contributed by atoms with E-state index < -0.39 is 5.97 Å². The number of aromatic nitrogens is 3. The van der Waals surface area contributed by atoms with Crippen molar-refractivity contribution in [3.05, 3.63) is 29.7 Å². The number of rotatable bonds is 5. The zero-order valence-corrected chi connectivity index (χ0v) is 10.6. The molecule has 0 aromatic carbocycles. The molecule has 0 spiro atoms. The lowest BCUT2D eigenvalue weighted by atomic mass is 10.0. The van der Waals surface area contributed by atoms with Crippen molar-refractivity contribution in [3.63, 3.8) is 0 Å². The quantitative estimate of drug-likeness (QED) is 0.882. The molecular formula is C13H17N3O2. The second kappa shape index (κ2) is 5.16. The van der Waals surface area contributed by atoms with Crippen LogP contribution in [0.4, 0.5) is 0 Å². The fourth-order valence-corrected chi connectivity index (χ4v) is 2.01. The summed E-state index contributed by atoms with van der Waals surface area (Å²) in [5, 5.41) is 17.2. The molecule has 0 amide bonds. The molecule has 0 saturated heterocycles. The lowest BCUT2D eigenvalue weighted by Gasteiger charge is -2.08. The molecule has 1 atom stereocenters. The zero-order valence-electron chi connectivity index (χ0n) is 10.6. The molecule has 5 nitrogen and oxygen atoms in total. The molecule has 2 aromatic rings. The van der Waals surface area contributed by atoms with Crippen LogP contribution in [0.1, 0.15) is 55.2 Å². The van der Waals surface area contributed by atoms with Crippen molar-refractivity contribution < 1.29 is 9.90 Å². The molecule has 1 N–H and O–H groups in total. The number of hydrogen-bond donors (Lipinski definition) is 1. The number of carboxylic acids is 1. The van der Waals surface area contributed by atoms with E-state index in [1.165, 1.54) is 0 Å². The SMILES string of the molecule is CCCCC(C)c1nnc2ccc(C(=O)O)cn12. The molecule has 96 valence electrons. The fraction of sp³-hybridized carbons (Fsp3) is 0.462. The summed E-state index contributed by atoms with van der Waals surface area (Å²) < 4.78 is 1.78. The maximum Gasteiger partial charge on any atom is 0.337 e. The van der Waals surface area contributed by atoms with E-state index in [-0.39, 0.29) is 11.5 Å². The Morgan fingerprint density at radius 3 is 2.89 bits per heavy atom. The minimum absolute atomic E-state index is 0.256. The first-order valence-electron chi connectivity index (χ1n) is 6.21. The minimum atomic E-state index is -0.933. The molecule has 0 aliphatic heterocycles. The zero-order chi connectivity index (χ0) is 13.1. The number of nitrogens with zero attached hydrogens (tertiary/aromatic N) is 3. The van der Waals surface area contributed by atoms with Gasteiger partial charge in [0.25, 0.3) is 0 Å². The second-order valence-corrected chi connectivity index (χ2v) is 4.55. The van der Waals surface area contributed by atoms with Gasteiger partial charge in [0.1, 0.15) is 5.82 Å². The molecule has 5 heteroatoms. The van der Waals surface area contributed by atoms with Gasteiger partial charge in [-0.2, -0.15) is 0 Å². The Balaban J connectivity index is 2.38. The van der Waals surface area contributed by atoms with Crippen LogP contribution in [-0.2, 0) is 0 Å². The van der Waals surface area contributed by atoms with Gasteiger partial charge in [0.15, 0.2) is 5.65 Å². The van der Waals surface area contributed by atoms with Crippen LogP contribution in [-0.4, -0.2) is 25.7 Å². The summed E-state index contributed by atoms with van der Waals surface area (Å²) in [6.07, 6.45) is 4.90. The van der Waals surface area contributed by atoms with Crippen LogP contribution in [0, 0.1) is 0 Å². The van der Waals surface area contributed by atoms with E-state index in [1.54, 1.807) is 22.7 Å². The Kier molecular flexibility index (Phi) is 3.60. The van der Waals surface area contributed by atoms with Crippen molar-refractivity contribution in [2.24, 2.45) is 0 Å². The van der Waals surface area contributed by atoms with Gasteiger partial charge in [0.2, 0.25) is 0 Å². The van der Waals surface area contributed by atoms with Crippen LogP contribution in [0.3, 0.4) is 0 Å². The van der Waals surface area contributed by atoms with Gasteiger partial charge in [-0.3, -0.25) is 4.40 Å². The maximum absolute atomic E-state index is 11.0. The number of pyridine rings is 1. The van der Waals surface area contributed by atoms with Gasteiger partial charge in [0, 0.05) is 12.1 Å². The molecule has 0 aliphatic carbocycles. The Morgan fingerprint density at radius 1 is 1.44 bits per heavy atom. The molecule has 0 radical (unpaired) electrons. The Morgan fingerprint density at radius 2 is 2.22 bits per heavy atom. The topological polar surface area (TPSA) is 67.5 Å². The van der Waals surface area contributed by atoms with E-state index >= 15 is 0 Å². The van der Waals surface area contributed by atoms with Gasteiger partial charge in [-0.05, 0) is 18.6 Å². The molecule has 2 rings (SSSR count). The fourth-order valence-electron chi connectivity index (χ4n) is 2.01. The largest absolute Gasteiger partial charge is 0.478 e. The van der Waals surface area contributed by atoms with Crippen LogP contribution in [0.2, 0.25) is 0 Å². The van der Waals surface area contributed by atoms with Crippen molar-refractivity contribution in [3.8, 4) is 0 Å². The van der Waals surface area contributed by atoms with Gasteiger partial charge in [-0.1, -0.05) is 26.7 Å². The Labute approximate surface area is 105 Å². The molecule has 0 fully saturated rings. The number of fused-ring (bicyclic) bond motifs is 1. The molecule has 0 bridgehead atoms. The van der Waals surface area contributed by atoms with Crippen LogP contribution >= 0.6 is 0 Å².